The van der Waals surface area contributed by atoms with E-state index in [4.69, 9.17) is 5.11 Å². The van der Waals surface area contributed by atoms with Crippen molar-refractivity contribution in [2.75, 3.05) is 11.5 Å². The first kappa shape index (κ1) is 13.9. The zero-order valence-corrected chi connectivity index (χ0v) is 12.8. The molecule has 3 aromatic heterocycles. The van der Waals surface area contributed by atoms with Crippen LogP contribution < -0.4 is 4.90 Å². The quantitative estimate of drug-likeness (QED) is 0.763. The zero-order valence-electron chi connectivity index (χ0n) is 12.8. The number of aromatic nitrogens is 6. The van der Waals surface area contributed by atoms with Gasteiger partial charge in [0.05, 0.1) is 31.6 Å². The van der Waals surface area contributed by atoms with Gasteiger partial charge in [-0.25, -0.2) is 14.6 Å². The summed E-state index contributed by atoms with van der Waals surface area (Å²) in [7, 11) is 0. The lowest BCUT2D eigenvalue weighted by atomic mass is 10.3. The largest absolute Gasteiger partial charge is 0.394 e. The lowest BCUT2D eigenvalue weighted by molar-refractivity contribution is 0.267. The summed E-state index contributed by atoms with van der Waals surface area (Å²) in [5.74, 6) is 2.33. The molecule has 0 bridgehead atoms. The predicted octanol–water partition coefficient (Wildman–Crippen LogP) is 0.680. The minimum Gasteiger partial charge on any atom is -0.394 e. The predicted molar refractivity (Wildman–Crippen MR) is 83.1 cm³/mol. The Balaban J connectivity index is 1.65. The van der Waals surface area contributed by atoms with E-state index in [2.05, 4.69) is 25.1 Å². The Morgan fingerprint density at radius 3 is 2.83 bits per heavy atom. The van der Waals surface area contributed by atoms with Gasteiger partial charge in [-0.2, -0.15) is 10.2 Å². The summed E-state index contributed by atoms with van der Waals surface area (Å²) < 4.78 is 3.59. The molecule has 1 aliphatic heterocycles. The van der Waals surface area contributed by atoms with Crippen LogP contribution in [0.15, 0.2) is 30.7 Å². The third kappa shape index (κ3) is 2.46. The van der Waals surface area contributed by atoms with Crippen molar-refractivity contribution in [1.82, 2.24) is 29.5 Å². The highest BCUT2D eigenvalue weighted by molar-refractivity contribution is 5.48. The maximum absolute atomic E-state index is 9.13. The van der Waals surface area contributed by atoms with Crippen molar-refractivity contribution in [3.05, 3.63) is 47.8 Å². The Morgan fingerprint density at radius 2 is 2.04 bits per heavy atom. The average Bonchev–Trinajstić information content (AvgIpc) is 3.25. The average molecular weight is 311 g/mol. The normalized spacial score (nSPS) is 13.6. The van der Waals surface area contributed by atoms with E-state index in [0.717, 1.165) is 30.4 Å². The van der Waals surface area contributed by atoms with Gasteiger partial charge in [0.25, 0.3) is 0 Å². The van der Waals surface area contributed by atoms with E-state index in [-0.39, 0.29) is 6.61 Å². The first-order valence-electron chi connectivity index (χ1n) is 7.49. The molecule has 0 saturated carbocycles. The summed E-state index contributed by atoms with van der Waals surface area (Å²) >= 11 is 0. The highest BCUT2D eigenvalue weighted by Crippen LogP contribution is 2.27. The second-order valence-electron chi connectivity index (χ2n) is 5.50. The summed E-state index contributed by atoms with van der Waals surface area (Å²) in [4.78, 5) is 11.2. The molecule has 4 rings (SSSR count). The number of anilines is 1. The van der Waals surface area contributed by atoms with Crippen molar-refractivity contribution in [1.29, 1.82) is 0 Å². The van der Waals surface area contributed by atoms with Crippen molar-refractivity contribution in [3.63, 3.8) is 0 Å². The lowest BCUT2D eigenvalue weighted by Crippen LogP contribution is -2.19. The summed E-state index contributed by atoms with van der Waals surface area (Å²) in [6.45, 7) is 3.97. The SMILES string of the molecule is Cc1nc(N2Cc3cnn(CCO)c3C2)cc(-n2cccn2)n1. The van der Waals surface area contributed by atoms with Gasteiger partial charge in [0, 0.05) is 30.6 Å². The van der Waals surface area contributed by atoms with Crippen molar-refractivity contribution < 1.29 is 5.11 Å². The van der Waals surface area contributed by atoms with E-state index in [0.29, 0.717) is 12.4 Å². The van der Waals surface area contributed by atoms with Crippen LogP contribution in [0.5, 0.6) is 0 Å². The third-order valence-electron chi connectivity index (χ3n) is 3.92. The van der Waals surface area contributed by atoms with Gasteiger partial charge in [0.2, 0.25) is 0 Å². The Morgan fingerprint density at radius 1 is 1.17 bits per heavy atom. The number of nitrogens with zero attached hydrogens (tertiary/aromatic N) is 7. The van der Waals surface area contributed by atoms with Crippen LogP contribution >= 0.6 is 0 Å². The summed E-state index contributed by atoms with van der Waals surface area (Å²) in [5, 5.41) is 17.7. The number of fused-ring (bicyclic) bond motifs is 1. The summed E-state index contributed by atoms with van der Waals surface area (Å²) in [5.41, 5.74) is 2.31. The first-order valence-corrected chi connectivity index (χ1v) is 7.49. The highest BCUT2D eigenvalue weighted by atomic mass is 16.3. The van der Waals surface area contributed by atoms with E-state index >= 15 is 0 Å². The fraction of sp³-hybridized carbons (Fsp3) is 0.333. The van der Waals surface area contributed by atoms with Crippen LogP contribution in [-0.2, 0) is 19.6 Å². The molecule has 0 amide bonds. The minimum absolute atomic E-state index is 0.0875. The van der Waals surface area contributed by atoms with Gasteiger partial charge in [0.15, 0.2) is 5.82 Å². The number of aliphatic hydroxyl groups is 1. The van der Waals surface area contributed by atoms with Crippen LogP contribution in [-0.4, -0.2) is 41.2 Å². The van der Waals surface area contributed by atoms with E-state index in [1.165, 1.54) is 5.56 Å². The molecule has 23 heavy (non-hydrogen) atoms. The lowest BCUT2D eigenvalue weighted by Gasteiger charge is -2.18. The standard InChI is InChI=1S/C15H17N7O/c1-11-18-14(7-15(19-11)22-4-2-3-16-22)20-9-12-8-17-21(5-6-23)13(12)10-20/h2-4,7-8,23H,5-6,9-10H2,1H3. The summed E-state index contributed by atoms with van der Waals surface area (Å²) in [6.07, 6.45) is 5.46. The first-order chi connectivity index (χ1) is 11.2. The van der Waals surface area contributed by atoms with Crippen molar-refractivity contribution in [2.45, 2.75) is 26.6 Å². The van der Waals surface area contributed by atoms with Gasteiger partial charge in [-0.05, 0) is 13.0 Å². The van der Waals surface area contributed by atoms with Crippen LogP contribution in [0.2, 0.25) is 0 Å². The topological polar surface area (TPSA) is 84.9 Å². The minimum atomic E-state index is 0.0875. The molecule has 0 saturated heterocycles. The van der Waals surface area contributed by atoms with Gasteiger partial charge in [-0.15, -0.1) is 0 Å². The molecule has 8 heteroatoms. The fourth-order valence-corrected chi connectivity index (χ4v) is 2.88. The molecular weight excluding hydrogens is 294 g/mol. The van der Waals surface area contributed by atoms with Crippen molar-refractivity contribution in [3.8, 4) is 5.82 Å². The monoisotopic (exact) mass is 311 g/mol. The maximum atomic E-state index is 9.13. The highest BCUT2D eigenvalue weighted by Gasteiger charge is 2.25. The molecule has 0 aromatic carbocycles. The fourth-order valence-electron chi connectivity index (χ4n) is 2.88. The van der Waals surface area contributed by atoms with E-state index < -0.39 is 0 Å². The maximum Gasteiger partial charge on any atom is 0.159 e. The molecule has 1 N–H and O–H groups in total. The summed E-state index contributed by atoms with van der Waals surface area (Å²) in [6, 6.07) is 3.81. The number of aliphatic hydroxyl groups excluding tert-OH is 1. The van der Waals surface area contributed by atoms with E-state index in [9.17, 15) is 0 Å². The molecule has 4 heterocycles. The van der Waals surface area contributed by atoms with Gasteiger partial charge in [-0.3, -0.25) is 4.68 Å². The zero-order chi connectivity index (χ0) is 15.8. The molecule has 0 spiro atoms. The molecule has 3 aromatic rings. The number of hydrogen-bond acceptors (Lipinski definition) is 6. The molecule has 118 valence electrons. The molecule has 0 aliphatic carbocycles. The second-order valence-corrected chi connectivity index (χ2v) is 5.50. The Hall–Kier alpha value is -2.74. The van der Waals surface area contributed by atoms with Crippen LogP contribution in [0.3, 0.4) is 0 Å². The van der Waals surface area contributed by atoms with Crippen molar-refractivity contribution >= 4 is 5.82 Å². The molecule has 1 aliphatic rings. The number of aryl methyl sites for hydroxylation is 1. The number of hydrogen-bond donors (Lipinski definition) is 1. The molecule has 0 radical (unpaired) electrons. The van der Waals surface area contributed by atoms with Crippen LogP contribution in [0.4, 0.5) is 5.82 Å². The van der Waals surface area contributed by atoms with Gasteiger partial charge < -0.3 is 10.0 Å². The molecule has 0 atom stereocenters. The van der Waals surface area contributed by atoms with E-state index in [1.807, 2.05) is 36.1 Å². The van der Waals surface area contributed by atoms with E-state index in [1.54, 1.807) is 10.9 Å². The Bertz CT molecular complexity index is 824. The smallest absolute Gasteiger partial charge is 0.159 e. The molecule has 8 nitrogen and oxygen atoms in total. The van der Waals surface area contributed by atoms with Crippen LogP contribution in [0.1, 0.15) is 17.1 Å². The van der Waals surface area contributed by atoms with Gasteiger partial charge >= 0.3 is 0 Å². The second kappa shape index (κ2) is 5.47. The van der Waals surface area contributed by atoms with Crippen molar-refractivity contribution in [2.24, 2.45) is 0 Å². The third-order valence-corrected chi connectivity index (χ3v) is 3.92. The van der Waals surface area contributed by atoms with Gasteiger partial charge in [0.1, 0.15) is 11.6 Å². The molecule has 0 unspecified atom stereocenters. The number of rotatable bonds is 4. The Kier molecular flexibility index (Phi) is 3.30. The molecule has 0 fully saturated rings. The Labute approximate surface area is 133 Å². The molecular formula is C15H17N7O. The van der Waals surface area contributed by atoms with Crippen LogP contribution in [0, 0.1) is 6.92 Å². The van der Waals surface area contributed by atoms with Crippen LogP contribution in [0.25, 0.3) is 5.82 Å². The van der Waals surface area contributed by atoms with Gasteiger partial charge in [-0.1, -0.05) is 0 Å².